The topological polar surface area (TPSA) is 67.9 Å². The fourth-order valence-electron chi connectivity index (χ4n) is 2.94. The number of ether oxygens (including phenoxy) is 2. The molecule has 1 aliphatic rings. The van der Waals surface area contributed by atoms with Gasteiger partial charge in [0.1, 0.15) is 24.9 Å². The molecule has 2 amide bonds. The lowest BCUT2D eigenvalue weighted by atomic mass is 10.1. The summed E-state index contributed by atoms with van der Waals surface area (Å²) < 4.78 is 23.7. The molecule has 0 spiro atoms. The van der Waals surface area contributed by atoms with Crippen LogP contribution in [0.25, 0.3) is 0 Å². The average molecular weight is 372 g/mol. The van der Waals surface area contributed by atoms with Gasteiger partial charge < -0.3 is 19.7 Å². The van der Waals surface area contributed by atoms with Gasteiger partial charge in [-0.1, -0.05) is 12.1 Å². The molecule has 6 nitrogen and oxygen atoms in total. The summed E-state index contributed by atoms with van der Waals surface area (Å²) in [5.74, 6) is -0.368. The molecule has 3 rings (SSSR count). The van der Waals surface area contributed by atoms with Gasteiger partial charge in [0.25, 0.3) is 0 Å². The summed E-state index contributed by atoms with van der Waals surface area (Å²) >= 11 is 0. The van der Waals surface area contributed by atoms with E-state index in [1.165, 1.54) is 19.2 Å². The van der Waals surface area contributed by atoms with Crippen molar-refractivity contribution in [1.82, 2.24) is 5.32 Å². The molecule has 0 radical (unpaired) electrons. The van der Waals surface area contributed by atoms with Crippen molar-refractivity contribution >= 4 is 17.5 Å². The number of carbonyl (C=O) groups excluding carboxylic acids is 2. The Morgan fingerprint density at radius 2 is 2.04 bits per heavy atom. The first kappa shape index (κ1) is 18.8. The predicted molar refractivity (Wildman–Crippen MR) is 97.7 cm³/mol. The Balaban J connectivity index is 1.58. The maximum absolute atomic E-state index is 13.2. The van der Waals surface area contributed by atoms with E-state index in [4.69, 9.17) is 9.47 Å². The molecule has 1 saturated heterocycles. The van der Waals surface area contributed by atoms with E-state index in [0.717, 1.165) is 5.56 Å². The number of amides is 2. The van der Waals surface area contributed by atoms with Crippen molar-refractivity contribution in [1.29, 1.82) is 0 Å². The molecule has 1 fully saturated rings. The van der Waals surface area contributed by atoms with Crippen LogP contribution in [0.1, 0.15) is 12.0 Å². The zero-order valence-electron chi connectivity index (χ0n) is 15.0. The standard InChI is InChI=1S/C20H21FN2O4/c1-26-13-22-20(25)15-10-19(24)23(11-15)17-5-7-18(8-6-17)27-12-14-3-2-4-16(21)9-14/h2-9,15H,10-13H2,1H3,(H,22,25). The fraction of sp³-hybridized carbons (Fsp3) is 0.300. The number of rotatable bonds is 7. The molecule has 0 aromatic heterocycles. The first-order valence-corrected chi connectivity index (χ1v) is 8.61. The third-order valence-corrected chi connectivity index (χ3v) is 4.33. The highest BCUT2D eigenvalue weighted by molar-refractivity contribution is 6.00. The number of hydrogen-bond donors (Lipinski definition) is 1. The Labute approximate surface area is 156 Å². The Kier molecular flexibility index (Phi) is 6.03. The molecule has 1 unspecified atom stereocenters. The van der Waals surface area contributed by atoms with E-state index in [-0.39, 0.29) is 37.4 Å². The van der Waals surface area contributed by atoms with Crippen molar-refractivity contribution < 1.29 is 23.5 Å². The summed E-state index contributed by atoms with van der Waals surface area (Å²) in [6, 6.07) is 13.3. The van der Waals surface area contributed by atoms with Gasteiger partial charge in [0, 0.05) is 25.8 Å². The van der Waals surface area contributed by atoms with Crippen LogP contribution in [0.5, 0.6) is 5.75 Å². The Morgan fingerprint density at radius 1 is 1.26 bits per heavy atom. The van der Waals surface area contributed by atoms with Crippen molar-refractivity contribution in [3.63, 3.8) is 0 Å². The molecule has 142 valence electrons. The average Bonchev–Trinajstić information content (AvgIpc) is 3.07. The third-order valence-electron chi connectivity index (χ3n) is 4.33. The number of anilines is 1. The van der Waals surface area contributed by atoms with Crippen LogP contribution < -0.4 is 15.0 Å². The number of nitrogens with one attached hydrogen (secondary N) is 1. The number of methoxy groups -OCH3 is 1. The van der Waals surface area contributed by atoms with Gasteiger partial charge in [-0.15, -0.1) is 0 Å². The van der Waals surface area contributed by atoms with Crippen molar-refractivity contribution in [3.05, 3.63) is 59.9 Å². The predicted octanol–water partition coefficient (Wildman–Crippen LogP) is 2.48. The van der Waals surface area contributed by atoms with E-state index >= 15 is 0 Å². The normalized spacial score (nSPS) is 16.4. The molecular weight excluding hydrogens is 351 g/mol. The first-order chi connectivity index (χ1) is 13.1. The maximum atomic E-state index is 13.2. The van der Waals surface area contributed by atoms with Crippen molar-refractivity contribution in [2.45, 2.75) is 13.0 Å². The van der Waals surface area contributed by atoms with Crippen molar-refractivity contribution in [2.24, 2.45) is 5.92 Å². The highest BCUT2D eigenvalue weighted by Crippen LogP contribution is 2.27. The zero-order chi connectivity index (χ0) is 19.2. The SMILES string of the molecule is COCNC(=O)C1CC(=O)N(c2ccc(OCc3cccc(F)c3)cc2)C1. The van der Waals surface area contributed by atoms with E-state index < -0.39 is 5.92 Å². The summed E-state index contributed by atoms with van der Waals surface area (Å²) in [5, 5.41) is 2.63. The molecule has 1 atom stereocenters. The molecule has 1 N–H and O–H groups in total. The van der Waals surface area contributed by atoms with E-state index in [1.54, 1.807) is 41.3 Å². The van der Waals surface area contributed by atoms with Gasteiger partial charge in [-0.25, -0.2) is 4.39 Å². The van der Waals surface area contributed by atoms with E-state index in [1.807, 2.05) is 0 Å². The monoisotopic (exact) mass is 372 g/mol. The smallest absolute Gasteiger partial charge is 0.227 e. The Hall–Kier alpha value is -2.93. The molecule has 1 aliphatic heterocycles. The minimum absolute atomic E-state index is 0.0963. The molecule has 27 heavy (non-hydrogen) atoms. The van der Waals surface area contributed by atoms with Crippen molar-refractivity contribution in [3.8, 4) is 5.75 Å². The van der Waals surface area contributed by atoms with Crippen molar-refractivity contribution in [2.75, 3.05) is 25.3 Å². The molecule has 1 heterocycles. The summed E-state index contributed by atoms with van der Waals surface area (Å²) in [6.45, 7) is 0.709. The molecule has 0 bridgehead atoms. The minimum atomic E-state index is -0.392. The van der Waals surface area contributed by atoms with Gasteiger partial charge in [-0.3, -0.25) is 9.59 Å². The van der Waals surface area contributed by atoms with Crippen LogP contribution in [0.4, 0.5) is 10.1 Å². The maximum Gasteiger partial charge on any atom is 0.227 e. The molecular formula is C20H21FN2O4. The van der Waals surface area contributed by atoms with E-state index in [0.29, 0.717) is 18.0 Å². The lowest BCUT2D eigenvalue weighted by Gasteiger charge is -2.17. The van der Waals surface area contributed by atoms with Crippen LogP contribution in [0.15, 0.2) is 48.5 Å². The summed E-state index contributed by atoms with van der Waals surface area (Å²) in [4.78, 5) is 25.8. The molecule has 0 aliphatic carbocycles. The lowest BCUT2D eigenvalue weighted by molar-refractivity contribution is -0.127. The van der Waals surface area contributed by atoms with Crippen LogP contribution in [0.3, 0.4) is 0 Å². The highest BCUT2D eigenvalue weighted by Gasteiger charge is 2.34. The molecule has 0 saturated carbocycles. The number of carbonyl (C=O) groups is 2. The second-order valence-corrected chi connectivity index (χ2v) is 6.29. The van der Waals surface area contributed by atoms with Crippen LogP contribution in [0.2, 0.25) is 0 Å². The van der Waals surface area contributed by atoms with Gasteiger partial charge in [0.15, 0.2) is 0 Å². The van der Waals surface area contributed by atoms with Crippen LogP contribution in [-0.2, 0) is 20.9 Å². The van der Waals surface area contributed by atoms with Gasteiger partial charge in [-0.05, 0) is 42.0 Å². The first-order valence-electron chi connectivity index (χ1n) is 8.61. The van der Waals surface area contributed by atoms with Gasteiger partial charge >= 0.3 is 0 Å². The number of hydrogen-bond acceptors (Lipinski definition) is 4. The van der Waals surface area contributed by atoms with Gasteiger partial charge in [0.2, 0.25) is 11.8 Å². The quantitative estimate of drug-likeness (QED) is 0.759. The van der Waals surface area contributed by atoms with E-state index in [2.05, 4.69) is 5.32 Å². The second-order valence-electron chi connectivity index (χ2n) is 6.29. The number of nitrogens with zero attached hydrogens (tertiary/aromatic N) is 1. The molecule has 2 aromatic carbocycles. The fourth-order valence-corrected chi connectivity index (χ4v) is 2.94. The zero-order valence-corrected chi connectivity index (χ0v) is 15.0. The Bertz CT molecular complexity index is 810. The Morgan fingerprint density at radius 3 is 2.74 bits per heavy atom. The van der Waals surface area contributed by atoms with Crippen LogP contribution >= 0.6 is 0 Å². The largest absolute Gasteiger partial charge is 0.489 e. The molecule has 2 aromatic rings. The number of halogens is 1. The minimum Gasteiger partial charge on any atom is -0.489 e. The van der Waals surface area contributed by atoms with E-state index in [9.17, 15) is 14.0 Å². The lowest BCUT2D eigenvalue weighted by Crippen LogP contribution is -2.34. The third kappa shape index (κ3) is 4.83. The second kappa shape index (κ2) is 8.64. The number of benzene rings is 2. The summed E-state index contributed by atoms with van der Waals surface area (Å²) in [7, 11) is 1.49. The highest BCUT2D eigenvalue weighted by atomic mass is 19.1. The summed E-state index contributed by atoms with van der Waals surface area (Å²) in [6.07, 6.45) is 0.174. The van der Waals surface area contributed by atoms with Gasteiger partial charge in [-0.2, -0.15) is 0 Å². The summed E-state index contributed by atoms with van der Waals surface area (Å²) in [5.41, 5.74) is 1.44. The van der Waals surface area contributed by atoms with Crippen LogP contribution in [0, 0.1) is 11.7 Å². The van der Waals surface area contributed by atoms with Gasteiger partial charge in [0.05, 0.1) is 5.92 Å². The molecule has 7 heteroatoms. The van der Waals surface area contributed by atoms with Crippen LogP contribution in [-0.4, -0.2) is 32.2 Å².